The molecule has 0 bridgehead atoms. The van der Waals surface area contributed by atoms with Crippen molar-refractivity contribution in [3.63, 3.8) is 0 Å². The van der Waals surface area contributed by atoms with Crippen molar-refractivity contribution >= 4 is 27.8 Å². The fourth-order valence-corrected chi connectivity index (χ4v) is 4.11. The van der Waals surface area contributed by atoms with Crippen molar-refractivity contribution in [2.24, 2.45) is 0 Å². The molecule has 2 heterocycles. The molecule has 0 unspecified atom stereocenters. The number of oxazole rings is 1. The summed E-state index contributed by atoms with van der Waals surface area (Å²) in [6.07, 6.45) is 3.53. The van der Waals surface area contributed by atoms with E-state index in [1.165, 1.54) is 22.7 Å². The van der Waals surface area contributed by atoms with Crippen LogP contribution in [0.2, 0.25) is 0 Å². The van der Waals surface area contributed by atoms with Crippen LogP contribution in [0, 0.1) is 6.92 Å². The van der Waals surface area contributed by atoms with Gasteiger partial charge in [-0.05, 0) is 42.9 Å². The maximum absolute atomic E-state index is 12.3. The predicted molar refractivity (Wildman–Crippen MR) is 102 cm³/mol. The molecule has 2 fully saturated rings. The van der Waals surface area contributed by atoms with Crippen molar-refractivity contribution in [2.45, 2.75) is 25.7 Å². The van der Waals surface area contributed by atoms with Crippen molar-refractivity contribution in [2.75, 3.05) is 31.6 Å². The summed E-state index contributed by atoms with van der Waals surface area (Å²) in [5, 5.41) is 3.06. The van der Waals surface area contributed by atoms with Gasteiger partial charge in [0.05, 0.1) is 13.2 Å². The van der Waals surface area contributed by atoms with Crippen molar-refractivity contribution in [3.8, 4) is 0 Å². The Morgan fingerprint density at radius 2 is 2.00 bits per heavy atom. The average molecular weight is 406 g/mol. The molecule has 1 aliphatic heterocycles. The Bertz CT molecular complexity index is 978. The molecule has 2 aliphatic rings. The van der Waals surface area contributed by atoms with Gasteiger partial charge in [0.15, 0.2) is 5.69 Å². The highest BCUT2D eigenvalue weighted by molar-refractivity contribution is 7.87. The van der Waals surface area contributed by atoms with Crippen LogP contribution in [0.25, 0.3) is 0 Å². The maximum atomic E-state index is 12.3. The molecule has 0 atom stereocenters. The number of hydrogen-bond acceptors (Lipinski definition) is 7. The summed E-state index contributed by atoms with van der Waals surface area (Å²) in [4.78, 5) is 16.4. The first-order chi connectivity index (χ1) is 13.4. The zero-order chi connectivity index (χ0) is 19.7. The first-order valence-electron chi connectivity index (χ1n) is 9.15. The van der Waals surface area contributed by atoms with Gasteiger partial charge < -0.3 is 14.5 Å². The van der Waals surface area contributed by atoms with Gasteiger partial charge in [0.25, 0.3) is 11.9 Å². The number of carbonyl (C=O) groups is 1. The standard InChI is InChI=1S/C18H22N4O5S/c1-12-2-3-14(13-4-5-13)10-15(12)19-18-20-16(11-27-18)17(23)21-28(24,25)22-6-8-26-9-7-22/h2-3,10-11,13H,4-9H2,1H3,(H,19,20)(H,21,23). The molecule has 150 valence electrons. The molecule has 10 heteroatoms. The van der Waals surface area contributed by atoms with E-state index < -0.39 is 16.1 Å². The number of rotatable bonds is 6. The number of aryl methyl sites for hydroxylation is 1. The van der Waals surface area contributed by atoms with Gasteiger partial charge in [0, 0.05) is 18.8 Å². The van der Waals surface area contributed by atoms with Gasteiger partial charge in [0.2, 0.25) is 0 Å². The van der Waals surface area contributed by atoms with Gasteiger partial charge in [-0.1, -0.05) is 12.1 Å². The molecule has 28 heavy (non-hydrogen) atoms. The van der Waals surface area contributed by atoms with E-state index in [2.05, 4.69) is 22.4 Å². The van der Waals surface area contributed by atoms with Crippen LogP contribution < -0.4 is 10.0 Å². The second kappa shape index (κ2) is 7.53. The number of hydrogen-bond donors (Lipinski definition) is 2. The fourth-order valence-electron chi connectivity index (χ4n) is 3.02. The molecule has 2 aromatic rings. The lowest BCUT2D eigenvalue weighted by Gasteiger charge is -2.25. The number of amides is 1. The molecule has 0 radical (unpaired) electrons. The lowest BCUT2D eigenvalue weighted by molar-refractivity contribution is 0.0718. The highest BCUT2D eigenvalue weighted by Gasteiger charge is 2.28. The normalized spacial score (nSPS) is 18.0. The van der Waals surface area contributed by atoms with Crippen LogP contribution in [-0.2, 0) is 14.9 Å². The number of nitrogens with one attached hydrogen (secondary N) is 2. The van der Waals surface area contributed by atoms with Crippen LogP contribution in [0.3, 0.4) is 0 Å². The minimum absolute atomic E-state index is 0.115. The topological polar surface area (TPSA) is 114 Å². The Morgan fingerprint density at radius 1 is 1.25 bits per heavy atom. The number of aromatic nitrogens is 1. The SMILES string of the molecule is Cc1ccc(C2CC2)cc1Nc1nc(C(=O)NS(=O)(=O)N2CCOCC2)co1. The number of carbonyl (C=O) groups excluding carboxylic acids is 1. The highest BCUT2D eigenvalue weighted by Crippen LogP contribution is 2.41. The summed E-state index contributed by atoms with van der Waals surface area (Å²) >= 11 is 0. The van der Waals surface area contributed by atoms with Gasteiger partial charge >= 0.3 is 10.2 Å². The molecule has 1 amide bonds. The first kappa shape index (κ1) is 18.9. The van der Waals surface area contributed by atoms with Crippen molar-refractivity contribution in [3.05, 3.63) is 41.3 Å². The van der Waals surface area contributed by atoms with E-state index >= 15 is 0 Å². The zero-order valence-electron chi connectivity index (χ0n) is 15.5. The number of morpholine rings is 1. The first-order valence-corrected chi connectivity index (χ1v) is 10.6. The molecular formula is C18H22N4O5S. The van der Waals surface area contributed by atoms with E-state index in [0.29, 0.717) is 19.1 Å². The molecule has 0 spiro atoms. The summed E-state index contributed by atoms with van der Waals surface area (Å²) in [6, 6.07) is 6.33. The van der Waals surface area contributed by atoms with Crippen LogP contribution >= 0.6 is 0 Å². The second-order valence-corrected chi connectivity index (χ2v) is 8.63. The Labute approximate surface area is 163 Å². The smallest absolute Gasteiger partial charge is 0.304 e. The van der Waals surface area contributed by atoms with Crippen molar-refractivity contribution in [1.29, 1.82) is 0 Å². The summed E-state index contributed by atoms with van der Waals surface area (Å²) in [5.74, 6) is -0.232. The minimum atomic E-state index is -3.94. The van der Waals surface area contributed by atoms with E-state index in [9.17, 15) is 13.2 Å². The third-order valence-corrected chi connectivity index (χ3v) is 6.31. The maximum Gasteiger partial charge on any atom is 0.304 e. The third-order valence-electron chi connectivity index (χ3n) is 4.82. The van der Waals surface area contributed by atoms with Crippen LogP contribution in [0.5, 0.6) is 0 Å². The molecule has 9 nitrogen and oxygen atoms in total. The molecule has 1 saturated heterocycles. The fraction of sp³-hybridized carbons (Fsp3) is 0.444. The molecule has 1 saturated carbocycles. The van der Waals surface area contributed by atoms with E-state index in [4.69, 9.17) is 9.15 Å². The van der Waals surface area contributed by atoms with Crippen LogP contribution in [0.1, 0.15) is 40.4 Å². The lowest BCUT2D eigenvalue weighted by atomic mass is 10.1. The van der Waals surface area contributed by atoms with Crippen LogP contribution in [0.15, 0.2) is 28.9 Å². The second-order valence-electron chi connectivity index (χ2n) is 6.96. The predicted octanol–water partition coefficient (Wildman–Crippen LogP) is 1.91. The minimum Gasteiger partial charge on any atom is -0.431 e. The van der Waals surface area contributed by atoms with Gasteiger partial charge in [0.1, 0.15) is 6.26 Å². The molecule has 1 aliphatic carbocycles. The van der Waals surface area contributed by atoms with E-state index in [1.807, 2.05) is 17.7 Å². The van der Waals surface area contributed by atoms with Crippen LogP contribution in [-0.4, -0.2) is 49.9 Å². The quantitative estimate of drug-likeness (QED) is 0.753. The molecule has 1 aromatic carbocycles. The zero-order valence-corrected chi connectivity index (χ0v) is 16.3. The van der Waals surface area contributed by atoms with Gasteiger partial charge in [-0.3, -0.25) is 4.79 Å². The van der Waals surface area contributed by atoms with Gasteiger partial charge in [-0.2, -0.15) is 17.7 Å². The number of benzene rings is 1. The number of anilines is 2. The van der Waals surface area contributed by atoms with E-state index in [1.54, 1.807) is 0 Å². The molecule has 2 N–H and O–H groups in total. The largest absolute Gasteiger partial charge is 0.431 e. The molecular weight excluding hydrogens is 384 g/mol. The van der Waals surface area contributed by atoms with E-state index in [0.717, 1.165) is 17.5 Å². The summed E-state index contributed by atoms with van der Waals surface area (Å²) in [6.45, 7) is 2.96. The Balaban J connectivity index is 1.44. The van der Waals surface area contributed by atoms with Crippen molar-refractivity contribution in [1.82, 2.24) is 14.0 Å². The number of ether oxygens (including phenoxy) is 1. The van der Waals surface area contributed by atoms with Crippen LogP contribution in [0.4, 0.5) is 11.7 Å². The average Bonchev–Trinajstić information content (AvgIpc) is 3.42. The van der Waals surface area contributed by atoms with Gasteiger partial charge in [-0.25, -0.2) is 4.72 Å². The Kier molecular flexibility index (Phi) is 5.09. The van der Waals surface area contributed by atoms with E-state index in [-0.39, 0.29) is 24.8 Å². The number of nitrogens with zero attached hydrogens (tertiary/aromatic N) is 2. The Hall–Kier alpha value is -2.43. The van der Waals surface area contributed by atoms with Gasteiger partial charge in [-0.15, -0.1) is 0 Å². The molecule has 4 rings (SSSR count). The molecule has 1 aromatic heterocycles. The summed E-state index contributed by atoms with van der Waals surface area (Å²) < 4.78 is 38.2. The monoisotopic (exact) mass is 406 g/mol. The lowest BCUT2D eigenvalue weighted by Crippen LogP contribution is -2.48. The third kappa shape index (κ3) is 4.18. The summed E-state index contributed by atoms with van der Waals surface area (Å²) in [5.41, 5.74) is 3.01. The Morgan fingerprint density at radius 3 is 2.71 bits per heavy atom. The summed E-state index contributed by atoms with van der Waals surface area (Å²) in [7, 11) is -3.94. The van der Waals surface area contributed by atoms with Crippen molar-refractivity contribution < 1.29 is 22.4 Å². The highest BCUT2D eigenvalue weighted by atomic mass is 32.2.